The van der Waals surface area contributed by atoms with E-state index in [1.165, 1.54) is 51.4 Å². The fourth-order valence-corrected chi connectivity index (χ4v) is 2.96. The van der Waals surface area contributed by atoms with Gasteiger partial charge in [0.2, 0.25) is 0 Å². The maximum Gasteiger partial charge on any atom is 0.168 e. The van der Waals surface area contributed by atoms with Gasteiger partial charge in [-0.2, -0.15) is 0 Å². The van der Waals surface area contributed by atoms with Crippen LogP contribution >= 0.6 is 0 Å². The molecule has 0 aliphatic carbocycles. The summed E-state index contributed by atoms with van der Waals surface area (Å²) < 4.78 is 12.2. The molecule has 0 aromatic carbocycles. The lowest BCUT2D eigenvalue weighted by Gasteiger charge is -2.43. The summed E-state index contributed by atoms with van der Waals surface area (Å²) in [5.74, 6) is -0.173. The van der Waals surface area contributed by atoms with E-state index in [9.17, 15) is 0 Å². The normalized spacial score (nSPS) is 35.4. The maximum absolute atomic E-state index is 6.24. The molecule has 2 saturated heterocycles. The summed E-state index contributed by atoms with van der Waals surface area (Å²) >= 11 is 0. The number of hydrogen-bond acceptors (Lipinski definition) is 2. The zero-order valence-corrected chi connectivity index (χ0v) is 10.7. The SMILES string of the molecule is CCCCCC1CCCC2(CCCCO2)O1. The fourth-order valence-electron chi connectivity index (χ4n) is 2.96. The molecule has 0 N–H and O–H groups in total. The van der Waals surface area contributed by atoms with Crippen LogP contribution in [0.4, 0.5) is 0 Å². The molecule has 0 amide bonds. The molecule has 2 rings (SSSR count). The molecule has 2 aliphatic heterocycles. The Morgan fingerprint density at radius 3 is 2.75 bits per heavy atom. The van der Waals surface area contributed by atoms with Crippen molar-refractivity contribution >= 4 is 0 Å². The van der Waals surface area contributed by atoms with Crippen molar-refractivity contribution in [1.82, 2.24) is 0 Å². The van der Waals surface area contributed by atoms with E-state index in [4.69, 9.17) is 9.47 Å². The van der Waals surface area contributed by atoms with Crippen LogP contribution in [-0.2, 0) is 9.47 Å². The lowest BCUT2D eigenvalue weighted by Crippen LogP contribution is -2.45. The third-order valence-electron chi connectivity index (χ3n) is 3.91. The van der Waals surface area contributed by atoms with Crippen molar-refractivity contribution < 1.29 is 9.47 Å². The molecule has 0 bridgehead atoms. The second-order valence-corrected chi connectivity index (χ2v) is 5.34. The molecule has 94 valence electrons. The standard InChI is InChI=1S/C14H26O2/c1-2-3-4-8-13-9-7-11-14(16-13)10-5-6-12-15-14/h13H,2-12H2,1H3. The number of hydrogen-bond donors (Lipinski definition) is 0. The molecule has 2 heteroatoms. The average molecular weight is 226 g/mol. The van der Waals surface area contributed by atoms with E-state index in [-0.39, 0.29) is 5.79 Å². The van der Waals surface area contributed by atoms with Crippen LogP contribution in [0.1, 0.15) is 71.1 Å². The van der Waals surface area contributed by atoms with Crippen molar-refractivity contribution in [3.05, 3.63) is 0 Å². The molecule has 16 heavy (non-hydrogen) atoms. The van der Waals surface area contributed by atoms with Crippen LogP contribution in [0, 0.1) is 0 Å². The van der Waals surface area contributed by atoms with Crippen molar-refractivity contribution in [3.63, 3.8) is 0 Å². The topological polar surface area (TPSA) is 18.5 Å². The molecule has 2 fully saturated rings. The minimum Gasteiger partial charge on any atom is -0.350 e. The Labute approximate surface area is 99.7 Å². The first-order valence-electron chi connectivity index (χ1n) is 7.16. The summed E-state index contributed by atoms with van der Waals surface area (Å²) in [5, 5.41) is 0. The maximum atomic E-state index is 6.24. The zero-order valence-electron chi connectivity index (χ0n) is 10.7. The third kappa shape index (κ3) is 3.21. The molecular weight excluding hydrogens is 200 g/mol. The summed E-state index contributed by atoms with van der Waals surface area (Å²) in [6, 6.07) is 0. The van der Waals surface area contributed by atoms with Gasteiger partial charge in [-0.15, -0.1) is 0 Å². The van der Waals surface area contributed by atoms with E-state index in [2.05, 4.69) is 6.92 Å². The van der Waals surface area contributed by atoms with Crippen molar-refractivity contribution in [2.75, 3.05) is 6.61 Å². The first-order valence-corrected chi connectivity index (χ1v) is 7.16. The quantitative estimate of drug-likeness (QED) is 0.674. The van der Waals surface area contributed by atoms with Gasteiger partial charge in [-0.25, -0.2) is 0 Å². The predicted molar refractivity (Wildman–Crippen MR) is 65.4 cm³/mol. The average Bonchev–Trinajstić information content (AvgIpc) is 2.31. The second-order valence-electron chi connectivity index (χ2n) is 5.34. The van der Waals surface area contributed by atoms with Gasteiger partial charge in [0.15, 0.2) is 5.79 Å². The van der Waals surface area contributed by atoms with Crippen molar-refractivity contribution in [1.29, 1.82) is 0 Å². The molecule has 2 heterocycles. The predicted octanol–water partition coefficient (Wildman–Crippen LogP) is 4.03. The van der Waals surface area contributed by atoms with E-state index in [0.717, 1.165) is 19.4 Å². The molecule has 2 atom stereocenters. The Balaban J connectivity index is 1.78. The molecule has 2 unspecified atom stereocenters. The highest BCUT2D eigenvalue weighted by Crippen LogP contribution is 2.38. The third-order valence-corrected chi connectivity index (χ3v) is 3.91. The minimum absolute atomic E-state index is 0.173. The van der Waals surface area contributed by atoms with Crippen LogP contribution in [0.15, 0.2) is 0 Å². The van der Waals surface area contributed by atoms with Crippen LogP contribution in [0.25, 0.3) is 0 Å². The molecule has 1 spiro atoms. The number of rotatable bonds is 4. The van der Waals surface area contributed by atoms with Crippen LogP contribution in [0.5, 0.6) is 0 Å². The fraction of sp³-hybridized carbons (Fsp3) is 1.00. The van der Waals surface area contributed by atoms with Crippen molar-refractivity contribution in [2.45, 2.75) is 83.0 Å². The molecule has 0 radical (unpaired) electrons. The smallest absolute Gasteiger partial charge is 0.168 e. The lowest BCUT2D eigenvalue weighted by atomic mass is 9.93. The molecule has 2 nitrogen and oxygen atoms in total. The largest absolute Gasteiger partial charge is 0.350 e. The van der Waals surface area contributed by atoms with Crippen molar-refractivity contribution in [2.24, 2.45) is 0 Å². The first kappa shape index (κ1) is 12.4. The van der Waals surface area contributed by atoms with Crippen LogP contribution in [0.3, 0.4) is 0 Å². The van der Waals surface area contributed by atoms with Gasteiger partial charge in [0, 0.05) is 12.8 Å². The van der Waals surface area contributed by atoms with Gasteiger partial charge < -0.3 is 9.47 Å². The van der Waals surface area contributed by atoms with Crippen molar-refractivity contribution in [3.8, 4) is 0 Å². The highest BCUT2D eigenvalue weighted by atomic mass is 16.7. The molecular formula is C14H26O2. The Morgan fingerprint density at radius 1 is 1.12 bits per heavy atom. The summed E-state index contributed by atoms with van der Waals surface area (Å²) in [7, 11) is 0. The van der Waals surface area contributed by atoms with Gasteiger partial charge in [-0.1, -0.05) is 26.2 Å². The van der Waals surface area contributed by atoms with E-state index >= 15 is 0 Å². The van der Waals surface area contributed by atoms with Gasteiger partial charge in [0.25, 0.3) is 0 Å². The number of ether oxygens (including phenoxy) is 2. The van der Waals surface area contributed by atoms with E-state index < -0.39 is 0 Å². The first-order chi connectivity index (χ1) is 7.85. The van der Waals surface area contributed by atoms with Gasteiger partial charge >= 0.3 is 0 Å². The zero-order chi connectivity index (χ0) is 11.3. The van der Waals surface area contributed by atoms with Crippen LogP contribution in [0.2, 0.25) is 0 Å². The monoisotopic (exact) mass is 226 g/mol. The van der Waals surface area contributed by atoms with Gasteiger partial charge in [0.05, 0.1) is 12.7 Å². The highest BCUT2D eigenvalue weighted by molar-refractivity contribution is 4.81. The van der Waals surface area contributed by atoms with Gasteiger partial charge in [-0.3, -0.25) is 0 Å². The summed E-state index contributed by atoms with van der Waals surface area (Å²) in [6.45, 7) is 3.16. The van der Waals surface area contributed by atoms with E-state index in [0.29, 0.717) is 6.10 Å². The van der Waals surface area contributed by atoms with Gasteiger partial charge in [0.1, 0.15) is 0 Å². The summed E-state index contributed by atoms with van der Waals surface area (Å²) in [4.78, 5) is 0. The molecule has 0 saturated carbocycles. The van der Waals surface area contributed by atoms with Gasteiger partial charge in [-0.05, 0) is 32.1 Å². The highest BCUT2D eigenvalue weighted by Gasteiger charge is 2.39. The second kappa shape index (κ2) is 6.02. The van der Waals surface area contributed by atoms with E-state index in [1.54, 1.807) is 0 Å². The summed E-state index contributed by atoms with van der Waals surface area (Å²) in [5.41, 5.74) is 0. The summed E-state index contributed by atoms with van der Waals surface area (Å²) in [6.07, 6.45) is 12.9. The Kier molecular flexibility index (Phi) is 4.66. The minimum atomic E-state index is -0.173. The van der Waals surface area contributed by atoms with Crippen LogP contribution in [-0.4, -0.2) is 18.5 Å². The van der Waals surface area contributed by atoms with Crippen LogP contribution < -0.4 is 0 Å². The molecule has 0 aromatic rings. The Bertz CT molecular complexity index is 191. The Hall–Kier alpha value is -0.0800. The molecule has 0 aromatic heterocycles. The van der Waals surface area contributed by atoms with E-state index in [1.807, 2.05) is 0 Å². The Morgan fingerprint density at radius 2 is 2.00 bits per heavy atom. The lowest BCUT2D eigenvalue weighted by molar-refractivity contribution is -0.295. The molecule has 2 aliphatic rings. The number of unbranched alkanes of at least 4 members (excludes halogenated alkanes) is 2.